The number of aliphatic imine (C=N–C) groups is 1. The van der Waals surface area contributed by atoms with Crippen molar-refractivity contribution in [2.75, 3.05) is 13.7 Å². The maximum Gasteiger partial charge on any atom is 0.354 e. The van der Waals surface area contributed by atoms with E-state index in [1.54, 1.807) is 0 Å². The van der Waals surface area contributed by atoms with Crippen LogP contribution in [0.1, 0.15) is 24.3 Å². The van der Waals surface area contributed by atoms with Gasteiger partial charge in [-0.2, -0.15) is 0 Å². The fourth-order valence-electron chi connectivity index (χ4n) is 2.29. The van der Waals surface area contributed by atoms with Crippen LogP contribution in [0.4, 0.5) is 0 Å². The quantitative estimate of drug-likeness (QED) is 0.805. The van der Waals surface area contributed by atoms with Crippen molar-refractivity contribution >= 4 is 17.7 Å². The lowest BCUT2D eigenvalue weighted by molar-refractivity contribution is -0.137. The summed E-state index contributed by atoms with van der Waals surface area (Å²) >= 11 is 0. The van der Waals surface area contributed by atoms with Gasteiger partial charge in [0, 0.05) is 6.42 Å². The molecule has 1 heterocycles. The fraction of sp³-hybridized carbons (Fsp3) is 0.400. The number of carbonyl (C=O) groups is 2. The van der Waals surface area contributed by atoms with Crippen LogP contribution in [0.3, 0.4) is 0 Å². The van der Waals surface area contributed by atoms with E-state index < -0.39 is 18.2 Å². The van der Waals surface area contributed by atoms with E-state index in [1.165, 1.54) is 7.11 Å². The molecule has 2 rings (SSSR count). The average molecular weight is 291 g/mol. The SMILES string of the molecule is COC(=O)C1=NC(CC(CC(=O)O)c2ccccc2)OC1. The van der Waals surface area contributed by atoms with Gasteiger partial charge in [-0.3, -0.25) is 4.79 Å². The number of carboxylic acids is 1. The molecule has 0 fully saturated rings. The molecule has 21 heavy (non-hydrogen) atoms. The minimum atomic E-state index is -0.876. The number of hydrogen-bond donors (Lipinski definition) is 1. The number of hydrogen-bond acceptors (Lipinski definition) is 5. The number of ether oxygens (including phenoxy) is 2. The summed E-state index contributed by atoms with van der Waals surface area (Å²) in [6.07, 6.45) is -0.104. The van der Waals surface area contributed by atoms with Gasteiger partial charge in [0.15, 0.2) is 0 Å². The summed E-state index contributed by atoms with van der Waals surface area (Å²) in [4.78, 5) is 26.5. The lowest BCUT2D eigenvalue weighted by Gasteiger charge is -2.17. The minimum absolute atomic E-state index is 0.00699. The molecule has 6 nitrogen and oxygen atoms in total. The van der Waals surface area contributed by atoms with Gasteiger partial charge in [0.2, 0.25) is 0 Å². The van der Waals surface area contributed by atoms with E-state index in [9.17, 15) is 9.59 Å². The Bertz CT molecular complexity index is 540. The highest BCUT2D eigenvalue weighted by molar-refractivity contribution is 6.37. The first-order chi connectivity index (χ1) is 10.1. The van der Waals surface area contributed by atoms with Crippen molar-refractivity contribution in [2.24, 2.45) is 4.99 Å². The number of aliphatic carboxylic acids is 1. The molecule has 1 N–H and O–H groups in total. The van der Waals surface area contributed by atoms with E-state index in [1.807, 2.05) is 30.3 Å². The van der Waals surface area contributed by atoms with E-state index in [-0.39, 0.29) is 24.7 Å². The van der Waals surface area contributed by atoms with Gasteiger partial charge in [0.05, 0.1) is 20.1 Å². The molecule has 112 valence electrons. The lowest BCUT2D eigenvalue weighted by Crippen LogP contribution is -2.16. The average Bonchev–Trinajstić information content (AvgIpc) is 2.95. The summed E-state index contributed by atoms with van der Waals surface area (Å²) in [7, 11) is 1.29. The third-order valence-corrected chi connectivity index (χ3v) is 3.31. The van der Waals surface area contributed by atoms with Crippen molar-refractivity contribution in [3.05, 3.63) is 35.9 Å². The molecule has 2 unspecified atom stereocenters. The van der Waals surface area contributed by atoms with Crippen LogP contribution in [0.5, 0.6) is 0 Å². The number of nitrogens with zero attached hydrogens (tertiary/aromatic N) is 1. The number of carboxylic acid groups (broad SMARTS) is 1. The number of benzene rings is 1. The molecule has 0 saturated carbocycles. The molecule has 1 aromatic carbocycles. The normalized spacial score (nSPS) is 18.9. The van der Waals surface area contributed by atoms with Crippen LogP contribution in [0, 0.1) is 0 Å². The van der Waals surface area contributed by atoms with Crippen molar-refractivity contribution in [1.29, 1.82) is 0 Å². The predicted octanol–water partition coefficient (Wildman–Crippen LogP) is 1.61. The highest BCUT2D eigenvalue weighted by Crippen LogP contribution is 2.27. The second-order valence-electron chi connectivity index (χ2n) is 4.77. The predicted molar refractivity (Wildman–Crippen MR) is 75.2 cm³/mol. The Morgan fingerprint density at radius 1 is 1.43 bits per heavy atom. The first-order valence-corrected chi connectivity index (χ1v) is 6.63. The smallest absolute Gasteiger partial charge is 0.354 e. The van der Waals surface area contributed by atoms with Gasteiger partial charge >= 0.3 is 11.9 Å². The van der Waals surface area contributed by atoms with E-state index in [2.05, 4.69) is 9.73 Å². The van der Waals surface area contributed by atoms with Crippen LogP contribution < -0.4 is 0 Å². The largest absolute Gasteiger partial charge is 0.481 e. The first kappa shape index (κ1) is 15.2. The zero-order valence-corrected chi connectivity index (χ0v) is 11.7. The van der Waals surface area contributed by atoms with Gasteiger partial charge < -0.3 is 14.6 Å². The molecule has 1 aromatic rings. The van der Waals surface area contributed by atoms with E-state index in [0.29, 0.717) is 6.42 Å². The summed E-state index contributed by atoms with van der Waals surface area (Å²) in [6, 6.07) is 9.37. The van der Waals surface area contributed by atoms with Crippen LogP contribution in [0.25, 0.3) is 0 Å². The summed E-state index contributed by atoms with van der Waals surface area (Å²) in [5.74, 6) is -1.60. The summed E-state index contributed by atoms with van der Waals surface area (Å²) in [5.41, 5.74) is 1.16. The van der Waals surface area contributed by atoms with Gasteiger partial charge in [-0.05, 0) is 11.5 Å². The number of methoxy groups -OCH3 is 1. The first-order valence-electron chi connectivity index (χ1n) is 6.63. The molecular weight excluding hydrogens is 274 g/mol. The molecule has 0 radical (unpaired) electrons. The molecule has 0 amide bonds. The van der Waals surface area contributed by atoms with Crippen molar-refractivity contribution in [2.45, 2.75) is 25.0 Å². The Kier molecular flexibility index (Phi) is 5.05. The highest BCUT2D eigenvalue weighted by Gasteiger charge is 2.27. The van der Waals surface area contributed by atoms with Gasteiger partial charge in [-0.25, -0.2) is 9.79 Å². The van der Waals surface area contributed by atoms with Crippen LogP contribution in [0.2, 0.25) is 0 Å². The second-order valence-corrected chi connectivity index (χ2v) is 4.77. The molecule has 0 saturated heterocycles. The Morgan fingerprint density at radius 3 is 2.76 bits per heavy atom. The molecule has 0 aliphatic carbocycles. The summed E-state index contributed by atoms with van der Waals surface area (Å²) in [6.45, 7) is 0.103. The van der Waals surface area contributed by atoms with Gasteiger partial charge in [0.1, 0.15) is 11.9 Å². The van der Waals surface area contributed by atoms with Crippen molar-refractivity contribution in [1.82, 2.24) is 0 Å². The van der Waals surface area contributed by atoms with Crippen molar-refractivity contribution < 1.29 is 24.2 Å². The van der Waals surface area contributed by atoms with Crippen LogP contribution in [0.15, 0.2) is 35.3 Å². The second kappa shape index (κ2) is 6.99. The molecule has 1 aliphatic heterocycles. The monoisotopic (exact) mass is 291 g/mol. The topological polar surface area (TPSA) is 85.2 Å². The maximum atomic E-state index is 11.4. The molecule has 1 aliphatic rings. The Balaban J connectivity index is 2.08. The summed E-state index contributed by atoms with van der Waals surface area (Å²) in [5, 5.41) is 9.05. The van der Waals surface area contributed by atoms with Crippen molar-refractivity contribution in [3.63, 3.8) is 0 Å². The van der Waals surface area contributed by atoms with E-state index in [4.69, 9.17) is 9.84 Å². The maximum absolute atomic E-state index is 11.4. The molecule has 0 aromatic heterocycles. The van der Waals surface area contributed by atoms with Gasteiger partial charge in [-0.1, -0.05) is 30.3 Å². The molecule has 2 atom stereocenters. The lowest BCUT2D eigenvalue weighted by atomic mass is 9.92. The highest BCUT2D eigenvalue weighted by atomic mass is 16.5. The Morgan fingerprint density at radius 2 is 2.14 bits per heavy atom. The van der Waals surface area contributed by atoms with Crippen LogP contribution in [-0.2, 0) is 19.1 Å². The minimum Gasteiger partial charge on any atom is -0.481 e. The van der Waals surface area contributed by atoms with Gasteiger partial charge in [0.25, 0.3) is 0 Å². The van der Waals surface area contributed by atoms with E-state index in [0.717, 1.165) is 5.56 Å². The van der Waals surface area contributed by atoms with Crippen molar-refractivity contribution in [3.8, 4) is 0 Å². The Labute approximate surface area is 122 Å². The number of carbonyl (C=O) groups excluding carboxylic acids is 1. The number of rotatable bonds is 6. The zero-order valence-electron chi connectivity index (χ0n) is 11.7. The van der Waals surface area contributed by atoms with Gasteiger partial charge in [-0.15, -0.1) is 0 Å². The molecular formula is C15H17NO5. The van der Waals surface area contributed by atoms with Crippen LogP contribution in [-0.4, -0.2) is 42.7 Å². The molecule has 0 spiro atoms. The summed E-state index contributed by atoms with van der Waals surface area (Å²) < 4.78 is 10.0. The number of esters is 1. The standard InChI is InChI=1S/C15H17NO5/c1-20-15(19)12-9-21-13(16-12)7-11(8-14(17)18)10-5-3-2-4-6-10/h2-6,11,13H,7-9H2,1H3,(H,17,18). The van der Waals surface area contributed by atoms with E-state index >= 15 is 0 Å². The Hall–Kier alpha value is -2.21. The third kappa shape index (κ3) is 4.13. The van der Waals surface area contributed by atoms with Crippen LogP contribution >= 0.6 is 0 Å². The fourth-order valence-corrected chi connectivity index (χ4v) is 2.29. The zero-order chi connectivity index (χ0) is 15.2. The molecule has 0 bridgehead atoms. The molecule has 6 heteroatoms. The third-order valence-electron chi connectivity index (χ3n) is 3.31.